The van der Waals surface area contributed by atoms with Crippen LogP contribution in [0, 0.1) is 5.82 Å². The van der Waals surface area contributed by atoms with Crippen molar-refractivity contribution in [1.29, 1.82) is 0 Å². The number of hydrogen-bond donors (Lipinski definition) is 2. The summed E-state index contributed by atoms with van der Waals surface area (Å²) in [6.45, 7) is 4.10. The smallest absolute Gasteiger partial charge is 0.170 e. The first-order valence-electron chi connectivity index (χ1n) is 9.64. The lowest BCUT2D eigenvalue weighted by Gasteiger charge is -2.34. The largest absolute Gasteiger partial charge is 0.362 e. The Bertz CT molecular complexity index is 733. The highest BCUT2D eigenvalue weighted by atomic mass is 32.1. The Kier molecular flexibility index (Phi) is 6.98. The van der Waals surface area contributed by atoms with Gasteiger partial charge in [-0.15, -0.1) is 0 Å². The SMILES string of the molecule is C[C@@H]1CCCCN1c1ccc(NC(=S)NCCCc2ccc(F)cc2)cn1. The van der Waals surface area contributed by atoms with Gasteiger partial charge in [0, 0.05) is 19.1 Å². The first-order valence-corrected chi connectivity index (χ1v) is 10.0. The van der Waals surface area contributed by atoms with Crippen molar-refractivity contribution in [1.82, 2.24) is 10.3 Å². The first-order chi connectivity index (χ1) is 13.1. The monoisotopic (exact) mass is 386 g/mol. The Morgan fingerprint density at radius 2 is 2.04 bits per heavy atom. The average Bonchev–Trinajstić information content (AvgIpc) is 2.68. The van der Waals surface area contributed by atoms with Gasteiger partial charge >= 0.3 is 0 Å². The number of halogens is 1. The Hall–Kier alpha value is -2.21. The van der Waals surface area contributed by atoms with Crippen molar-refractivity contribution < 1.29 is 4.39 Å². The molecule has 4 nitrogen and oxygen atoms in total. The standard InChI is InChI=1S/C21H27FN4S/c1-16-5-2-3-14-26(16)20-12-11-19(15-24-20)25-21(27)23-13-4-6-17-7-9-18(22)10-8-17/h7-12,15-16H,2-6,13-14H2,1H3,(H2,23,25,27)/t16-/m1/s1. The van der Waals surface area contributed by atoms with Crippen LogP contribution in [0.15, 0.2) is 42.6 Å². The second kappa shape index (κ2) is 9.65. The molecule has 0 aliphatic carbocycles. The van der Waals surface area contributed by atoms with Crippen LogP contribution < -0.4 is 15.5 Å². The van der Waals surface area contributed by atoms with Crippen LogP contribution in [0.5, 0.6) is 0 Å². The Morgan fingerprint density at radius 1 is 1.22 bits per heavy atom. The lowest BCUT2D eigenvalue weighted by atomic mass is 10.0. The molecule has 1 saturated heterocycles. The highest BCUT2D eigenvalue weighted by molar-refractivity contribution is 7.80. The van der Waals surface area contributed by atoms with Gasteiger partial charge in [-0.25, -0.2) is 9.37 Å². The molecule has 2 heterocycles. The molecule has 3 rings (SSSR count). The van der Waals surface area contributed by atoms with E-state index in [-0.39, 0.29) is 5.82 Å². The summed E-state index contributed by atoms with van der Waals surface area (Å²) in [4.78, 5) is 6.97. The van der Waals surface area contributed by atoms with Crippen molar-refractivity contribution in [2.75, 3.05) is 23.3 Å². The van der Waals surface area contributed by atoms with Gasteiger partial charge in [-0.05, 0) is 81.1 Å². The fourth-order valence-corrected chi connectivity index (χ4v) is 3.61. The second-order valence-electron chi connectivity index (χ2n) is 7.05. The van der Waals surface area contributed by atoms with E-state index >= 15 is 0 Å². The van der Waals surface area contributed by atoms with Crippen molar-refractivity contribution >= 4 is 28.8 Å². The van der Waals surface area contributed by atoms with Gasteiger partial charge < -0.3 is 15.5 Å². The third kappa shape index (κ3) is 5.89. The van der Waals surface area contributed by atoms with Crippen LogP contribution in [0.1, 0.15) is 38.2 Å². The van der Waals surface area contributed by atoms with Crippen LogP contribution in [0.2, 0.25) is 0 Å². The molecule has 0 bridgehead atoms. The van der Waals surface area contributed by atoms with Crippen molar-refractivity contribution in [3.05, 3.63) is 54.0 Å². The molecule has 0 radical (unpaired) electrons. The van der Waals surface area contributed by atoms with E-state index in [0.29, 0.717) is 11.2 Å². The van der Waals surface area contributed by atoms with Crippen LogP contribution >= 0.6 is 12.2 Å². The zero-order valence-electron chi connectivity index (χ0n) is 15.7. The van der Waals surface area contributed by atoms with Crippen LogP contribution in [-0.2, 0) is 6.42 Å². The van der Waals surface area contributed by atoms with Gasteiger partial charge in [0.15, 0.2) is 5.11 Å². The van der Waals surface area contributed by atoms with Crippen molar-refractivity contribution in [2.45, 2.75) is 45.1 Å². The summed E-state index contributed by atoms with van der Waals surface area (Å²) < 4.78 is 12.9. The second-order valence-corrected chi connectivity index (χ2v) is 7.46. The molecule has 0 amide bonds. The summed E-state index contributed by atoms with van der Waals surface area (Å²) in [7, 11) is 0. The Labute approximate surface area is 166 Å². The summed E-state index contributed by atoms with van der Waals surface area (Å²) in [5, 5.41) is 6.98. The number of rotatable bonds is 6. The minimum Gasteiger partial charge on any atom is -0.362 e. The molecule has 2 N–H and O–H groups in total. The average molecular weight is 387 g/mol. The number of aryl methyl sites for hydroxylation is 1. The predicted octanol–water partition coefficient (Wildman–Crippen LogP) is 4.52. The number of benzene rings is 1. The van der Waals surface area contributed by atoms with Crippen LogP contribution in [0.25, 0.3) is 0 Å². The molecular formula is C21H27FN4S. The first kappa shape index (κ1) is 19.5. The maximum atomic E-state index is 12.9. The number of aromatic nitrogens is 1. The number of hydrogen-bond acceptors (Lipinski definition) is 3. The fraction of sp³-hybridized carbons (Fsp3) is 0.429. The molecule has 27 heavy (non-hydrogen) atoms. The Balaban J connectivity index is 1.40. The Morgan fingerprint density at radius 3 is 2.74 bits per heavy atom. The van der Waals surface area contributed by atoms with Crippen LogP contribution in [-0.4, -0.2) is 29.2 Å². The molecule has 0 spiro atoms. The summed E-state index contributed by atoms with van der Waals surface area (Å²) in [5.41, 5.74) is 2.02. The van der Waals surface area contributed by atoms with E-state index < -0.39 is 0 Å². The lowest BCUT2D eigenvalue weighted by molar-refractivity contribution is 0.481. The molecule has 6 heteroatoms. The highest BCUT2D eigenvalue weighted by Crippen LogP contribution is 2.23. The van der Waals surface area contributed by atoms with Crippen molar-refractivity contribution in [3.8, 4) is 0 Å². The van der Waals surface area contributed by atoms with Crippen molar-refractivity contribution in [3.63, 3.8) is 0 Å². The zero-order valence-corrected chi connectivity index (χ0v) is 16.6. The van der Waals surface area contributed by atoms with E-state index in [1.165, 1.54) is 31.4 Å². The number of pyridine rings is 1. The number of thiocarbonyl (C=S) groups is 1. The molecule has 1 aromatic heterocycles. The predicted molar refractivity (Wildman–Crippen MR) is 114 cm³/mol. The topological polar surface area (TPSA) is 40.2 Å². The van der Waals surface area contributed by atoms with Gasteiger partial charge in [0.1, 0.15) is 11.6 Å². The molecule has 2 aromatic rings. The van der Waals surface area contributed by atoms with Gasteiger partial charge in [-0.1, -0.05) is 12.1 Å². The molecule has 1 aromatic carbocycles. The number of anilines is 2. The quantitative estimate of drug-likeness (QED) is 0.564. The zero-order chi connectivity index (χ0) is 19.1. The molecule has 1 fully saturated rings. The summed E-state index contributed by atoms with van der Waals surface area (Å²) >= 11 is 5.35. The summed E-state index contributed by atoms with van der Waals surface area (Å²) in [6, 6.07) is 11.3. The summed E-state index contributed by atoms with van der Waals surface area (Å²) in [6.07, 6.45) is 7.42. The number of nitrogens with one attached hydrogen (secondary N) is 2. The molecular weight excluding hydrogens is 359 g/mol. The van der Waals surface area contributed by atoms with Gasteiger partial charge in [0.05, 0.1) is 11.9 Å². The minimum absolute atomic E-state index is 0.198. The molecule has 1 aliphatic heterocycles. The van der Waals surface area contributed by atoms with E-state index in [1.807, 2.05) is 24.4 Å². The third-order valence-electron chi connectivity index (χ3n) is 4.94. The van der Waals surface area contributed by atoms with E-state index in [2.05, 4.69) is 33.5 Å². The fourth-order valence-electron chi connectivity index (χ4n) is 3.39. The minimum atomic E-state index is -0.198. The molecule has 1 aliphatic rings. The lowest BCUT2D eigenvalue weighted by Crippen LogP contribution is -2.37. The van der Waals surface area contributed by atoms with Gasteiger partial charge in [0.2, 0.25) is 0 Å². The number of piperidine rings is 1. The number of nitrogens with zero attached hydrogens (tertiary/aromatic N) is 2. The highest BCUT2D eigenvalue weighted by Gasteiger charge is 2.19. The normalized spacial score (nSPS) is 16.8. The van der Waals surface area contributed by atoms with Gasteiger partial charge in [-0.2, -0.15) is 0 Å². The van der Waals surface area contributed by atoms with Crippen LogP contribution in [0.3, 0.4) is 0 Å². The maximum Gasteiger partial charge on any atom is 0.170 e. The third-order valence-corrected chi connectivity index (χ3v) is 5.19. The van der Waals surface area contributed by atoms with E-state index in [4.69, 9.17) is 12.2 Å². The molecule has 0 saturated carbocycles. The van der Waals surface area contributed by atoms with E-state index in [0.717, 1.165) is 43.0 Å². The molecule has 1 atom stereocenters. The molecule has 0 unspecified atom stereocenters. The summed E-state index contributed by atoms with van der Waals surface area (Å²) in [5.74, 6) is 0.836. The van der Waals surface area contributed by atoms with E-state index in [9.17, 15) is 4.39 Å². The van der Waals surface area contributed by atoms with E-state index in [1.54, 1.807) is 0 Å². The molecule has 144 valence electrons. The van der Waals surface area contributed by atoms with Gasteiger partial charge in [0.25, 0.3) is 0 Å². The van der Waals surface area contributed by atoms with Crippen molar-refractivity contribution in [2.24, 2.45) is 0 Å². The van der Waals surface area contributed by atoms with Crippen LogP contribution in [0.4, 0.5) is 15.9 Å². The van der Waals surface area contributed by atoms with Gasteiger partial charge in [-0.3, -0.25) is 0 Å². The maximum absolute atomic E-state index is 12.9.